The molecule has 0 aliphatic rings. The lowest BCUT2D eigenvalue weighted by Gasteiger charge is -2.20. The predicted octanol–water partition coefficient (Wildman–Crippen LogP) is 3.01. The number of phosphoric ester groups is 1. The fraction of sp³-hybridized carbons (Fsp3) is 1.00. The van der Waals surface area contributed by atoms with E-state index in [4.69, 9.17) is 18.7 Å². The molecule has 15 heavy (non-hydrogen) atoms. The molecule has 0 aromatic rings. The second-order valence-corrected chi connectivity index (χ2v) is 5.46. The van der Waals surface area contributed by atoms with Gasteiger partial charge in [0, 0.05) is 0 Å². The molecule has 0 aliphatic heterocycles. The first kappa shape index (κ1) is 16.0. The predicted molar refractivity (Wildman–Crippen MR) is 64.2 cm³/mol. The molecule has 0 saturated carbocycles. The number of halogens is 2. The molecule has 2 unspecified atom stereocenters. The van der Waals surface area contributed by atoms with Crippen LogP contribution in [0.2, 0.25) is 0 Å². The topological polar surface area (TPSA) is 65.0 Å². The standard InChI is InChI=1S/C7H15Br2O5P/c1-6(10)3-7(2)14-15(11,12-4-8)13-5-9/h6-7,10H,3-5H2,1-2H3. The van der Waals surface area contributed by atoms with Gasteiger partial charge in [-0.2, -0.15) is 0 Å². The molecule has 1 N–H and O–H groups in total. The Morgan fingerprint density at radius 3 is 2.07 bits per heavy atom. The zero-order valence-corrected chi connectivity index (χ0v) is 12.6. The molecule has 0 heterocycles. The van der Waals surface area contributed by atoms with E-state index in [9.17, 15) is 4.57 Å². The van der Waals surface area contributed by atoms with Gasteiger partial charge in [0.15, 0.2) is 0 Å². The minimum Gasteiger partial charge on any atom is -0.393 e. The van der Waals surface area contributed by atoms with Gasteiger partial charge in [-0.15, -0.1) is 0 Å². The molecule has 2 atom stereocenters. The highest BCUT2D eigenvalue weighted by molar-refractivity contribution is 9.09. The van der Waals surface area contributed by atoms with Crippen molar-refractivity contribution in [1.29, 1.82) is 0 Å². The van der Waals surface area contributed by atoms with Crippen LogP contribution in [0, 0.1) is 0 Å². The summed E-state index contributed by atoms with van der Waals surface area (Å²) in [7, 11) is -3.54. The third kappa shape index (κ3) is 7.85. The van der Waals surface area contributed by atoms with Crippen LogP contribution in [-0.2, 0) is 18.1 Å². The van der Waals surface area contributed by atoms with Gasteiger partial charge in [0.25, 0.3) is 0 Å². The summed E-state index contributed by atoms with van der Waals surface area (Å²) in [6.45, 7) is 3.32. The molecule has 92 valence electrons. The zero-order chi connectivity index (χ0) is 11.9. The van der Waals surface area contributed by atoms with E-state index >= 15 is 0 Å². The molecule has 8 heteroatoms. The van der Waals surface area contributed by atoms with Gasteiger partial charge in [-0.25, -0.2) is 4.57 Å². The lowest BCUT2D eigenvalue weighted by Crippen LogP contribution is -2.15. The average molecular weight is 370 g/mol. The Bertz CT molecular complexity index is 204. The number of hydrogen-bond donors (Lipinski definition) is 1. The second-order valence-electron chi connectivity index (χ2n) is 2.92. The van der Waals surface area contributed by atoms with Gasteiger partial charge >= 0.3 is 7.82 Å². The third-order valence-electron chi connectivity index (χ3n) is 1.40. The summed E-state index contributed by atoms with van der Waals surface area (Å²) in [6.07, 6.45) is -0.573. The molecule has 0 rings (SSSR count). The van der Waals surface area contributed by atoms with E-state index < -0.39 is 20.0 Å². The smallest absolute Gasteiger partial charge is 0.393 e. The van der Waals surface area contributed by atoms with Crippen molar-refractivity contribution >= 4 is 39.7 Å². The molecule has 0 saturated heterocycles. The lowest BCUT2D eigenvalue weighted by molar-refractivity contribution is 0.0724. The van der Waals surface area contributed by atoms with Crippen molar-refractivity contribution in [1.82, 2.24) is 0 Å². The normalized spacial score (nSPS) is 16.3. The van der Waals surface area contributed by atoms with Gasteiger partial charge in [0.2, 0.25) is 0 Å². The van der Waals surface area contributed by atoms with Crippen molar-refractivity contribution in [3.63, 3.8) is 0 Å². The van der Waals surface area contributed by atoms with Crippen LogP contribution >= 0.6 is 39.7 Å². The molecule has 0 bridgehead atoms. The van der Waals surface area contributed by atoms with E-state index in [1.165, 1.54) is 0 Å². The third-order valence-corrected chi connectivity index (χ3v) is 4.07. The largest absolute Gasteiger partial charge is 0.476 e. The van der Waals surface area contributed by atoms with Gasteiger partial charge in [-0.3, -0.25) is 13.6 Å². The molecule has 5 nitrogen and oxygen atoms in total. The number of alkyl halides is 2. The van der Waals surface area contributed by atoms with E-state index in [-0.39, 0.29) is 11.0 Å². The number of hydrogen-bond acceptors (Lipinski definition) is 5. The maximum Gasteiger partial charge on any atom is 0.476 e. The van der Waals surface area contributed by atoms with Crippen molar-refractivity contribution in [2.24, 2.45) is 0 Å². The minimum atomic E-state index is -3.54. The van der Waals surface area contributed by atoms with Crippen LogP contribution in [0.1, 0.15) is 20.3 Å². The summed E-state index contributed by atoms with van der Waals surface area (Å²) in [5.74, 6) is 0. The second kappa shape index (κ2) is 8.17. The quantitative estimate of drug-likeness (QED) is 0.526. The Morgan fingerprint density at radius 2 is 1.73 bits per heavy atom. The summed E-state index contributed by atoms with van der Waals surface area (Å²) in [4.78, 5) is 0. The Labute approximate surface area is 106 Å². The van der Waals surface area contributed by atoms with Crippen LogP contribution in [0.3, 0.4) is 0 Å². The van der Waals surface area contributed by atoms with E-state index in [2.05, 4.69) is 31.9 Å². The van der Waals surface area contributed by atoms with E-state index in [1.54, 1.807) is 13.8 Å². The minimum absolute atomic E-state index is 0.0542. The van der Waals surface area contributed by atoms with E-state index in [0.717, 1.165) is 0 Å². The SMILES string of the molecule is CC(O)CC(C)OP(=O)(OCBr)OCBr. The van der Waals surface area contributed by atoms with Crippen molar-refractivity contribution < 1.29 is 23.2 Å². The molecule has 0 fully saturated rings. The van der Waals surface area contributed by atoms with E-state index in [0.29, 0.717) is 6.42 Å². The van der Waals surface area contributed by atoms with Crippen LogP contribution in [-0.4, -0.2) is 28.3 Å². The monoisotopic (exact) mass is 368 g/mol. The first-order valence-corrected chi connectivity index (χ1v) is 8.01. The summed E-state index contributed by atoms with van der Waals surface area (Å²) in [6, 6.07) is 0. The Morgan fingerprint density at radius 1 is 1.27 bits per heavy atom. The van der Waals surface area contributed by atoms with E-state index in [1.807, 2.05) is 0 Å². The summed E-state index contributed by atoms with van der Waals surface area (Å²) < 4.78 is 26.6. The van der Waals surface area contributed by atoms with Crippen molar-refractivity contribution in [2.45, 2.75) is 32.5 Å². The highest BCUT2D eigenvalue weighted by atomic mass is 79.9. The Kier molecular flexibility index (Phi) is 8.73. The number of aliphatic hydroxyl groups excluding tert-OH is 1. The first-order valence-electron chi connectivity index (χ1n) is 4.31. The molecule has 0 aliphatic carbocycles. The van der Waals surface area contributed by atoms with Crippen molar-refractivity contribution in [3.8, 4) is 0 Å². The van der Waals surface area contributed by atoms with Gasteiger partial charge in [-0.1, -0.05) is 31.9 Å². The molecule has 0 spiro atoms. The highest BCUT2D eigenvalue weighted by Crippen LogP contribution is 2.51. The maximum atomic E-state index is 11.8. The van der Waals surface area contributed by atoms with Crippen molar-refractivity contribution in [3.05, 3.63) is 0 Å². The molecule has 0 aromatic carbocycles. The fourth-order valence-corrected chi connectivity index (χ4v) is 3.43. The van der Waals surface area contributed by atoms with Crippen LogP contribution in [0.5, 0.6) is 0 Å². The number of phosphoric acid groups is 1. The molecular weight excluding hydrogens is 355 g/mol. The van der Waals surface area contributed by atoms with Crippen LogP contribution in [0.15, 0.2) is 0 Å². The van der Waals surface area contributed by atoms with Crippen LogP contribution in [0.4, 0.5) is 0 Å². The summed E-state index contributed by atoms with van der Waals surface area (Å²) in [5, 5.41) is 9.11. The lowest BCUT2D eigenvalue weighted by atomic mass is 10.2. The van der Waals surface area contributed by atoms with Gasteiger partial charge in [-0.05, 0) is 20.3 Å². The highest BCUT2D eigenvalue weighted by Gasteiger charge is 2.29. The van der Waals surface area contributed by atoms with Crippen molar-refractivity contribution in [2.75, 3.05) is 11.0 Å². The molecular formula is C7H15Br2O5P. The van der Waals surface area contributed by atoms with Crippen LogP contribution in [0.25, 0.3) is 0 Å². The fourth-order valence-electron chi connectivity index (χ4n) is 0.961. The zero-order valence-electron chi connectivity index (χ0n) is 8.56. The van der Waals surface area contributed by atoms with Gasteiger partial charge in [0.05, 0.1) is 12.2 Å². The molecule has 0 aromatic heterocycles. The average Bonchev–Trinajstić information content (AvgIpc) is 2.01. The number of aliphatic hydroxyl groups is 1. The summed E-state index contributed by atoms with van der Waals surface area (Å²) in [5.41, 5.74) is 0.108. The van der Waals surface area contributed by atoms with Crippen LogP contribution < -0.4 is 0 Å². The molecule has 0 radical (unpaired) electrons. The Hall–Kier alpha value is 1.03. The molecule has 0 amide bonds. The van der Waals surface area contributed by atoms with Gasteiger partial charge < -0.3 is 5.11 Å². The van der Waals surface area contributed by atoms with Gasteiger partial charge in [0.1, 0.15) is 11.0 Å². The summed E-state index contributed by atoms with van der Waals surface area (Å²) >= 11 is 5.95. The Balaban J connectivity index is 4.21. The first-order chi connectivity index (χ1) is 6.93. The number of rotatable bonds is 8. The maximum absolute atomic E-state index is 11.8.